The van der Waals surface area contributed by atoms with Gasteiger partial charge in [0.05, 0.1) is 16.3 Å². The Kier molecular flexibility index (Phi) is 4.63. The van der Waals surface area contributed by atoms with E-state index in [2.05, 4.69) is 46.1 Å². The van der Waals surface area contributed by atoms with Gasteiger partial charge in [0, 0.05) is 24.9 Å². The first-order chi connectivity index (χ1) is 11.8. The van der Waals surface area contributed by atoms with Crippen molar-refractivity contribution in [1.29, 1.82) is 0 Å². The zero-order chi connectivity index (χ0) is 16.4. The van der Waals surface area contributed by atoms with Crippen molar-refractivity contribution in [2.75, 3.05) is 6.54 Å². The number of aromatic nitrogens is 3. The number of para-hydroxylation sites is 1. The van der Waals surface area contributed by atoms with Gasteiger partial charge in [-0.1, -0.05) is 25.5 Å². The van der Waals surface area contributed by atoms with E-state index in [0.29, 0.717) is 6.04 Å². The monoisotopic (exact) mass is 340 g/mol. The number of thiazole rings is 1. The molecule has 5 heteroatoms. The lowest BCUT2D eigenvalue weighted by Crippen LogP contribution is -2.22. The molecular formula is C19H24N4S. The molecule has 0 aliphatic carbocycles. The Bertz CT molecular complexity index is 773. The van der Waals surface area contributed by atoms with Gasteiger partial charge in [-0.3, -0.25) is 4.90 Å². The molecule has 126 valence electrons. The fourth-order valence-electron chi connectivity index (χ4n) is 3.50. The van der Waals surface area contributed by atoms with Crippen molar-refractivity contribution in [3.05, 3.63) is 47.0 Å². The number of imidazole rings is 1. The average Bonchev–Trinajstić information content (AvgIpc) is 3.32. The molecule has 3 heterocycles. The molecule has 1 unspecified atom stereocenters. The summed E-state index contributed by atoms with van der Waals surface area (Å²) < 4.78 is 1.29. The SMILES string of the molecule is CCCCc1ncc(CN2CCCC2c2nc3ccccc3s2)[nH]1. The van der Waals surface area contributed by atoms with Crippen LogP contribution in [0.2, 0.25) is 0 Å². The molecule has 1 N–H and O–H groups in total. The Morgan fingerprint density at radius 3 is 3.12 bits per heavy atom. The van der Waals surface area contributed by atoms with Crippen LogP contribution in [0.15, 0.2) is 30.5 Å². The molecule has 0 saturated carbocycles. The zero-order valence-corrected chi connectivity index (χ0v) is 15.0. The Balaban J connectivity index is 1.49. The third-order valence-electron chi connectivity index (χ3n) is 4.78. The second kappa shape index (κ2) is 7.03. The summed E-state index contributed by atoms with van der Waals surface area (Å²) in [5.74, 6) is 1.13. The lowest BCUT2D eigenvalue weighted by atomic mass is 10.2. The summed E-state index contributed by atoms with van der Waals surface area (Å²) in [4.78, 5) is 15.5. The van der Waals surface area contributed by atoms with E-state index in [0.717, 1.165) is 30.9 Å². The predicted molar refractivity (Wildman–Crippen MR) is 99.2 cm³/mol. The minimum absolute atomic E-state index is 0.449. The predicted octanol–water partition coefficient (Wildman–Crippen LogP) is 4.70. The Labute approximate surface area is 146 Å². The van der Waals surface area contributed by atoms with Crippen molar-refractivity contribution in [1.82, 2.24) is 19.9 Å². The Morgan fingerprint density at radius 2 is 2.25 bits per heavy atom. The maximum atomic E-state index is 4.88. The summed E-state index contributed by atoms with van der Waals surface area (Å²) in [6, 6.07) is 8.90. The summed E-state index contributed by atoms with van der Waals surface area (Å²) in [5.41, 5.74) is 2.36. The van der Waals surface area contributed by atoms with Crippen LogP contribution in [0.25, 0.3) is 10.2 Å². The van der Waals surface area contributed by atoms with E-state index in [4.69, 9.17) is 4.98 Å². The van der Waals surface area contributed by atoms with Crippen molar-refractivity contribution in [2.45, 2.75) is 51.6 Å². The molecule has 0 radical (unpaired) electrons. The number of fused-ring (bicyclic) bond motifs is 1. The number of aryl methyl sites for hydroxylation is 1. The smallest absolute Gasteiger partial charge is 0.111 e. The fraction of sp³-hybridized carbons (Fsp3) is 0.474. The number of unbranched alkanes of at least 4 members (excludes halogenated alkanes) is 1. The van der Waals surface area contributed by atoms with E-state index in [-0.39, 0.29) is 0 Å². The Morgan fingerprint density at radius 1 is 1.33 bits per heavy atom. The minimum atomic E-state index is 0.449. The number of rotatable bonds is 6. The van der Waals surface area contributed by atoms with Crippen molar-refractivity contribution in [3.63, 3.8) is 0 Å². The van der Waals surface area contributed by atoms with Crippen LogP contribution in [-0.2, 0) is 13.0 Å². The highest BCUT2D eigenvalue weighted by molar-refractivity contribution is 7.18. The van der Waals surface area contributed by atoms with Crippen LogP contribution in [0.1, 0.15) is 55.2 Å². The second-order valence-electron chi connectivity index (χ2n) is 6.61. The largest absolute Gasteiger partial charge is 0.345 e. The van der Waals surface area contributed by atoms with Crippen LogP contribution in [0, 0.1) is 0 Å². The summed E-state index contributed by atoms with van der Waals surface area (Å²) in [7, 11) is 0. The highest BCUT2D eigenvalue weighted by atomic mass is 32.1. The van der Waals surface area contributed by atoms with Gasteiger partial charge in [-0.15, -0.1) is 11.3 Å². The third kappa shape index (κ3) is 3.23. The molecule has 0 spiro atoms. The molecule has 1 saturated heterocycles. The van der Waals surface area contributed by atoms with E-state index in [1.807, 2.05) is 17.5 Å². The highest BCUT2D eigenvalue weighted by Crippen LogP contribution is 2.37. The van der Waals surface area contributed by atoms with Crippen LogP contribution in [0.3, 0.4) is 0 Å². The van der Waals surface area contributed by atoms with Gasteiger partial charge in [0.2, 0.25) is 0 Å². The molecule has 4 rings (SSSR count). The number of aromatic amines is 1. The maximum Gasteiger partial charge on any atom is 0.111 e. The number of H-pyrrole nitrogens is 1. The van der Waals surface area contributed by atoms with Gasteiger partial charge >= 0.3 is 0 Å². The molecule has 24 heavy (non-hydrogen) atoms. The fourth-order valence-corrected chi connectivity index (χ4v) is 4.64. The van der Waals surface area contributed by atoms with Gasteiger partial charge in [0.1, 0.15) is 10.8 Å². The van der Waals surface area contributed by atoms with Gasteiger partial charge in [0.15, 0.2) is 0 Å². The van der Waals surface area contributed by atoms with Crippen molar-refractivity contribution < 1.29 is 0 Å². The van der Waals surface area contributed by atoms with Gasteiger partial charge < -0.3 is 4.98 Å². The molecule has 1 aliphatic heterocycles. The molecule has 3 aromatic rings. The minimum Gasteiger partial charge on any atom is -0.345 e. The van der Waals surface area contributed by atoms with E-state index >= 15 is 0 Å². The standard InChI is InChI=1S/C19H24N4S/c1-2-3-10-18-20-12-14(21-18)13-23-11-6-8-16(23)19-22-15-7-4-5-9-17(15)24-19/h4-5,7,9,12,16H,2-3,6,8,10-11,13H2,1H3,(H,20,21). The molecule has 2 aromatic heterocycles. The highest BCUT2D eigenvalue weighted by Gasteiger charge is 2.29. The van der Waals surface area contributed by atoms with Crippen LogP contribution >= 0.6 is 11.3 Å². The number of benzene rings is 1. The summed E-state index contributed by atoms with van der Waals surface area (Å²) >= 11 is 1.85. The van der Waals surface area contributed by atoms with Gasteiger partial charge in [0.25, 0.3) is 0 Å². The first-order valence-corrected chi connectivity index (χ1v) is 9.77. The number of hydrogen-bond acceptors (Lipinski definition) is 4. The van der Waals surface area contributed by atoms with Gasteiger partial charge in [-0.25, -0.2) is 9.97 Å². The summed E-state index contributed by atoms with van der Waals surface area (Å²) in [5, 5.41) is 1.26. The molecule has 0 amide bonds. The Hall–Kier alpha value is -1.72. The number of likely N-dealkylation sites (tertiary alicyclic amines) is 1. The number of nitrogens with zero attached hydrogens (tertiary/aromatic N) is 3. The zero-order valence-electron chi connectivity index (χ0n) is 14.2. The number of nitrogens with one attached hydrogen (secondary N) is 1. The van der Waals surface area contributed by atoms with Crippen molar-refractivity contribution >= 4 is 21.6 Å². The third-order valence-corrected chi connectivity index (χ3v) is 5.92. The normalized spacial score (nSPS) is 18.6. The van der Waals surface area contributed by atoms with Crippen LogP contribution in [0.4, 0.5) is 0 Å². The molecule has 1 atom stereocenters. The topological polar surface area (TPSA) is 44.8 Å². The second-order valence-corrected chi connectivity index (χ2v) is 7.67. The van der Waals surface area contributed by atoms with Crippen molar-refractivity contribution in [3.8, 4) is 0 Å². The van der Waals surface area contributed by atoms with E-state index in [9.17, 15) is 0 Å². The van der Waals surface area contributed by atoms with Gasteiger partial charge in [-0.2, -0.15) is 0 Å². The number of hydrogen-bond donors (Lipinski definition) is 1. The quantitative estimate of drug-likeness (QED) is 0.707. The maximum absolute atomic E-state index is 4.88. The van der Waals surface area contributed by atoms with E-state index in [1.54, 1.807) is 0 Å². The lowest BCUT2D eigenvalue weighted by Gasteiger charge is -2.21. The molecule has 1 fully saturated rings. The molecular weight excluding hydrogens is 316 g/mol. The molecule has 0 bridgehead atoms. The van der Waals surface area contributed by atoms with Gasteiger partial charge in [-0.05, 0) is 37.9 Å². The molecule has 1 aromatic carbocycles. The first-order valence-electron chi connectivity index (χ1n) is 8.96. The van der Waals surface area contributed by atoms with Crippen molar-refractivity contribution in [2.24, 2.45) is 0 Å². The van der Waals surface area contributed by atoms with Crippen LogP contribution in [0.5, 0.6) is 0 Å². The van der Waals surface area contributed by atoms with E-state index < -0.39 is 0 Å². The van der Waals surface area contributed by atoms with E-state index in [1.165, 1.54) is 41.1 Å². The summed E-state index contributed by atoms with van der Waals surface area (Å²) in [6.45, 7) is 4.31. The molecule has 1 aliphatic rings. The lowest BCUT2D eigenvalue weighted by molar-refractivity contribution is 0.245. The molecule has 4 nitrogen and oxygen atoms in total. The van der Waals surface area contributed by atoms with Crippen LogP contribution < -0.4 is 0 Å². The van der Waals surface area contributed by atoms with Crippen LogP contribution in [-0.4, -0.2) is 26.4 Å². The summed E-state index contributed by atoms with van der Waals surface area (Å²) in [6.07, 6.45) is 7.93. The first kappa shape index (κ1) is 15.8. The average molecular weight is 340 g/mol.